The highest BCUT2D eigenvalue weighted by Gasteiger charge is 2.31. The molecule has 4 N–H and O–H groups in total. The molecule has 178 valence electrons. The van der Waals surface area contributed by atoms with Gasteiger partial charge in [0.05, 0.1) is 12.6 Å². The highest BCUT2D eigenvalue weighted by Crippen LogP contribution is 2.12. The molecule has 1 aliphatic rings. The molecule has 33 heavy (non-hydrogen) atoms. The van der Waals surface area contributed by atoms with Gasteiger partial charge in [-0.25, -0.2) is 0 Å². The Kier molecular flexibility index (Phi) is 8.27. The second-order valence-corrected chi connectivity index (χ2v) is 9.17. The van der Waals surface area contributed by atoms with E-state index in [9.17, 15) is 14.4 Å². The summed E-state index contributed by atoms with van der Waals surface area (Å²) in [6.45, 7) is 6.50. The van der Waals surface area contributed by atoms with Crippen molar-refractivity contribution in [3.05, 3.63) is 59.4 Å². The number of rotatable bonds is 4. The number of aromatic nitrogens is 1. The van der Waals surface area contributed by atoms with Crippen molar-refractivity contribution in [1.82, 2.24) is 25.8 Å². The molecule has 8 nitrogen and oxygen atoms in total. The number of carbonyl (C=O) groups excluding carboxylic acids is 3. The number of carbonyl (C=O) groups is 3. The maximum Gasteiger partial charge on any atom is 0.243 e. The van der Waals surface area contributed by atoms with E-state index in [4.69, 9.17) is 0 Å². The summed E-state index contributed by atoms with van der Waals surface area (Å²) in [7, 11) is 1.63. The summed E-state index contributed by atoms with van der Waals surface area (Å²) < 4.78 is 0. The quantitative estimate of drug-likeness (QED) is 0.566. The summed E-state index contributed by atoms with van der Waals surface area (Å²) in [5, 5.41) is 9.12. The van der Waals surface area contributed by atoms with Crippen LogP contribution in [0.25, 0.3) is 0 Å². The number of hydrogen-bond donors (Lipinski definition) is 4. The van der Waals surface area contributed by atoms with Gasteiger partial charge in [-0.05, 0) is 43.4 Å². The predicted octanol–water partition coefficient (Wildman–Crippen LogP) is 1.72. The molecular weight excluding hydrogens is 418 g/mol. The van der Waals surface area contributed by atoms with Crippen molar-refractivity contribution in [3.63, 3.8) is 0 Å². The van der Waals surface area contributed by atoms with Crippen LogP contribution in [-0.2, 0) is 33.9 Å². The first-order chi connectivity index (χ1) is 15.7. The maximum atomic E-state index is 13.4. The second-order valence-electron chi connectivity index (χ2n) is 9.17. The molecule has 0 spiro atoms. The van der Waals surface area contributed by atoms with E-state index < -0.39 is 18.1 Å². The van der Waals surface area contributed by atoms with Crippen LogP contribution in [0.5, 0.6) is 0 Å². The molecule has 0 unspecified atom stereocenters. The standard InChI is InChI=1S/C25H35N5O3/c1-16(2)12-21-24(32)27-15-20-11-10-19(28-20)14-26-22(13-18-8-6-5-7-9-18)25(33)30(4)17(3)23(31)29-21/h5-11,16-17,21-22,26,28H,12-15H2,1-4H3,(H,27,32)(H,29,31)/t17-,21-,22-/m0/s1. The molecule has 2 aromatic rings. The van der Waals surface area contributed by atoms with E-state index in [0.29, 0.717) is 25.9 Å². The van der Waals surface area contributed by atoms with E-state index in [2.05, 4.69) is 20.9 Å². The van der Waals surface area contributed by atoms with E-state index in [1.54, 1.807) is 14.0 Å². The minimum Gasteiger partial charge on any atom is -0.360 e. The molecule has 0 saturated carbocycles. The first kappa shape index (κ1) is 24.5. The van der Waals surface area contributed by atoms with Crippen molar-refractivity contribution >= 4 is 17.7 Å². The van der Waals surface area contributed by atoms with Crippen molar-refractivity contribution in [2.45, 2.75) is 64.8 Å². The molecule has 1 aliphatic heterocycles. The van der Waals surface area contributed by atoms with E-state index >= 15 is 0 Å². The van der Waals surface area contributed by atoms with E-state index in [1.807, 2.05) is 56.3 Å². The Morgan fingerprint density at radius 3 is 2.27 bits per heavy atom. The third kappa shape index (κ3) is 6.68. The number of aromatic amines is 1. The maximum absolute atomic E-state index is 13.4. The fourth-order valence-electron chi connectivity index (χ4n) is 3.94. The van der Waals surface area contributed by atoms with Crippen LogP contribution in [-0.4, -0.2) is 52.8 Å². The Morgan fingerprint density at radius 2 is 1.61 bits per heavy atom. The number of nitrogens with one attached hydrogen (secondary N) is 4. The Hall–Kier alpha value is -3.13. The van der Waals surface area contributed by atoms with Gasteiger partial charge < -0.3 is 20.5 Å². The highest BCUT2D eigenvalue weighted by molar-refractivity contribution is 5.92. The molecule has 1 aromatic heterocycles. The number of amides is 3. The lowest BCUT2D eigenvalue weighted by atomic mass is 10.0. The summed E-state index contributed by atoms with van der Waals surface area (Å²) in [5.41, 5.74) is 2.82. The molecule has 3 rings (SSSR count). The Bertz CT molecular complexity index is 956. The largest absolute Gasteiger partial charge is 0.360 e. The monoisotopic (exact) mass is 453 g/mol. The molecule has 8 heteroatoms. The van der Waals surface area contributed by atoms with Crippen LogP contribution in [0.15, 0.2) is 42.5 Å². The van der Waals surface area contributed by atoms with Gasteiger partial charge >= 0.3 is 0 Å². The smallest absolute Gasteiger partial charge is 0.243 e. The molecule has 0 fully saturated rings. The van der Waals surface area contributed by atoms with Crippen molar-refractivity contribution in [2.24, 2.45) is 5.92 Å². The number of nitrogens with zero attached hydrogens (tertiary/aromatic N) is 1. The number of benzene rings is 1. The van der Waals surface area contributed by atoms with E-state index in [1.165, 1.54) is 4.90 Å². The lowest BCUT2D eigenvalue weighted by Gasteiger charge is -2.30. The predicted molar refractivity (Wildman–Crippen MR) is 127 cm³/mol. The highest BCUT2D eigenvalue weighted by atomic mass is 16.2. The van der Waals surface area contributed by atoms with Crippen molar-refractivity contribution in [1.29, 1.82) is 0 Å². The van der Waals surface area contributed by atoms with Crippen LogP contribution in [0.2, 0.25) is 0 Å². The Labute approximate surface area is 195 Å². The molecule has 3 atom stereocenters. The average molecular weight is 454 g/mol. The summed E-state index contributed by atoms with van der Waals surface area (Å²) in [5.74, 6) is -0.534. The van der Waals surface area contributed by atoms with Crippen LogP contribution in [0.1, 0.15) is 44.1 Å². The molecule has 3 amide bonds. The minimum atomic E-state index is -0.721. The summed E-state index contributed by atoms with van der Waals surface area (Å²) in [4.78, 5) is 44.0. The fraction of sp³-hybridized carbons (Fsp3) is 0.480. The molecule has 0 aliphatic carbocycles. The van der Waals surface area contributed by atoms with Gasteiger partial charge in [-0.3, -0.25) is 19.7 Å². The minimum absolute atomic E-state index is 0.173. The number of hydrogen-bond acceptors (Lipinski definition) is 4. The number of likely N-dealkylation sites (N-methyl/N-ethyl adjacent to an activating group) is 1. The molecule has 2 heterocycles. The first-order valence-electron chi connectivity index (χ1n) is 11.5. The van der Waals surface area contributed by atoms with Gasteiger partial charge in [-0.1, -0.05) is 44.2 Å². The average Bonchev–Trinajstić information content (AvgIpc) is 3.25. The van der Waals surface area contributed by atoms with E-state index in [-0.39, 0.29) is 23.6 Å². The van der Waals surface area contributed by atoms with Crippen LogP contribution in [0.4, 0.5) is 0 Å². The molecule has 0 saturated heterocycles. The normalized spacial score (nSPS) is 23.0. The summed E-state index contributed by atoms with van der Waals surface area (Å²) >= 11 is 0. The van der Waals surface area contributed by atoms with Gasteiger partial charge in [0.25, 0.3) is 0 Å². The van der Waals surface area contributed by atoms with Crippen molar-refractivity contribution in [2.75, 3.05) is 7.05 Å². The number of fused-ring (bicyclic) bond motifs is 2. The summed E-state index contributed by atoms with van der Waals surface area (Å²) in [6, 6.07) is 11.8. The lowest BCUT2D eigenvalue weighted by molar-refractivity contribution is -0.141. The van der Waals surface area contributed by atoms with Gasteiger partial charge in [-0.2, -0.15) is 0 Å². The van der Waals surface area contributed by atoms with Crippen LogP contribution >= 0.6 is 0 Å². The SMILES string of the molecule is CC(C)C[C@@H]1NC(=O)[C@H](C)N(C)C(=O)[C@H](Cc2ccccc2)NCc2ccc([nH]2)CNC1=O. The molecular formula is C25H35N5O3. The second kappa shape index (κ2) is 11.1. The molecule has 0 radical (unpaired) electrons. The van der Waals surface area contributed by atoms with Crippen LogP contribution in [0, 0.1) is 5.92 Å². The first-order valence-corrected chi connectivity index (χ1v) is 11.5. The third-order valence-electron chi connectivity index (χ3n) is 6.03. The van der Waals surface area contributed by atoms with Crippen LogP contribution < -0.4 is 16.0 Å². The molecule has 1 aromatic carbocycles. The van der Waals surface area contributed by atoms with Gasteiger partial charge in [0, 0.05) is 25.0 Å². The Morgan fingerprint density at radius 1 is 0.939 bits per heavy atom. The van der Waals surface area contributed by atoms with Crippen molar-refractivity contribution in [3.8, 4) is 0 Å². The molecule has 2 bridgehead atoms. The fourth-order valence-corrected chi connectivity index (χ4v) is 3.94. The van der Waals surface area contributed by atoms with Gasteiger partial charge in [0.2, 0.25) is 17.7 Å². The number of H-pyrrole nitrogens is 1. The Balaban J connectivity index is 1.88. The zero-order chi connectivity index (χ0) is 24.0. The van der Waals surface area contributed by atoms with E-state index in [0.717, 1.165) is 17.0 Å². The van der Waals surface area contributed by atoms with Gasteiger partial charge in [0.15, 0.2) is 0 Å². The van der Waals surface area contributed by atoms with Gasteiger partial charge in [-0.15, -0.1) is 0 Å². The van der Waals surface area contributed by atoms with Crippen LogP contribution in [0.3, 0.4) is 0 Å². The zero-order valence-electron chi connectivity index (χ0n) is 19.9. The third-order valence-corrected chi connectivity index (χ3v) is 6.03. The topological polar surface area (TPSA) is 106 Å². The zero-order valence-corrected chi connectivity index (χ0v) is 19.9. The van der Waals surface area contributed by atoms with Crippen molar-refractivity contribution < 1.29 is 14.4 Å². The van der Waals surface area contributed by atoms with Gasteiger partial charge in [0.1, 0.15) is 12.1 Å². The lowest BCUT2D eigenvalue weighted by Crippen LogP contribution is -2.56. The summed E-state index contributed by atoms with van der Waals surface area (Å²) in [6.07, 6.45) is 1.01.